The van der Waals surface area contributed by atoms with Gasteiger partial charge in [0.15, 0.2) is 11.4 Å². The molecule has 0 aliphatic carbocycles. The van der Waals surface area contributed by atoms with Gasteiger partial charge in [-0.3, -0.25) is 4.48 Å². The van der Waals surface area contributed by atoms with Crippen LogP contribution in [0.25, 0.3) is 0 Å². The Morgan fingerprint density at radius 1 is 0.676 bits per heavy atom. The highest BCUT2D eigenvalue weighted by Gasteiger charge is 2.33. The number of aliphatic hydroxyl groups excluding tert-OH is 1. The minimum atomic E-state index is -0.972. The Morgan fingerprint density at radius 3 is 1.65 bits per heavy atom. The smallest absolute Gasteiger partial charge is 0.490 e. The van der Waals surface area contributed by atoms with Gasteiger partial charge in [0.25, 0.3) is 0 Å². The molecule has 174 valence electrons. The summed E-state index contributed by atoms with van der Waals surface area (Å²) in [6, 6.07) is 39.0. The predicted molar refractivity (Wildman–Crippen MR) is 138 cm³/mol. The van der Waals surface area contributed by atoms with Gasteiger partial charge in [0.1, 0.15) is 18.0 Å². The van der Waals surface area contributed by atoms with E-state index in [2.05, 4.69) is 6.07 Å². The topological polar surface area (TPSA) is 47.9 Å². The van der Waals surface area contributed by atoms with Gasteiger partial charge in [-0.2, -0.15) is 36.4 Å². The molecule has 34 heavy (non-hydrogen) atoms. The van der Waals surface area contributed by atoms with Crippen LogP contribution in [0.15, 0.2) is 115 Å². The molecule has 0 atom stereocenters. The van der Waals surface area contributed by atoms with Gasteiger partial charge >= 0.3 is 7.32 Å². The standard InChI is InChI=1S/C22H25BNO4.C6H5/c1-24(2,17-18-25)21-15-9-10-16-22(21)28-23(26-19-11-5-3-6-12-19)27-20-13-7-4-8-14-20;1-2-4-6-5-3-1/h3-16,25H,17-18H2,1-2H3;1-5H/q+1;-1. The number of likely N-dealkylation sites (N-methyl/N-ethyl adjacent to an activating group) is 1. The molecule has 0 fully saturated rings. The fourth-order valence-corrected chi connectivity index (χ4v) is 3.17. The molecule has 0 heterocycles. The Labute approximate surface area is 202 Å². The van der Waals surface area contributed by atoms with E-state index in [1.54, 1.807) is 0 Å². The number of nitrogens with zero attached hydrogens (tertiary/aromatic N) is 1. The van der Waals surface area contributed by atoms with Crippen LogP contribution in [0.4, 0.5) is 5.69 Å². The molecular weight excluding hydrogens is 425 g/mol. The van der Waals surface area contributed by atoms with E-state index in [0.29, 0.717) is 28.3 Å². The van der Waals surface area contributed by atoms with E-state index in [9.17, 15) is 5.11 Å². The largest absolute Gasteiger partial charge is 0.864 e. The second-order valence-corrected chi connectivity index (χ2v) is 7.95. The second-order valence-electron chi connectivity index (χ2n) is 7.95. The molecule has 4 rings (SSSR count). The third kappa shape index (κ3) is 7.99. The number of rotatable bonds is 9. The molecule has 0 radical (unpaired) electrons. The number of hydrogen-bond donors (Lipinski definition) is 1. The lowest BCUT2D eigenvalue weighted by Gasteiger charge is -2.30. The monoisotopic (exact) mass is 455 g/mol. The van der Waals surface area contributed by atoms with Crippen molar-refractivity contribution in [1.29, 1.82) is 0 Å². The lowest BCUT2D eigenvalue weighted by molar-refractivity contribution is 0.239. The summed E-state index contributed by atoms with van der Waals surface area (Å²) in [6.45, 7) is 0.635. The molecule has 4 aromatic rings. The van der Waals surface area contributed by atoms with Crippen molar-refractivity contribution in [2.75, 3.05) is 27.2 Å². The molecule has 0 aliphatic rings. The first kappa shape index (κ1) is 24.9. The Kier molecular flexibility index (Phi) is 9.58. The van der Waals surface area contributed by atoms with E-state index in [4.69, 9.17) is 14.0 Å². The lowest BCUT2D eigenvalue weighted by Crippen LogP contribution is -2.44. The maximum Gasteiger partial charge on any atom is 0.864 e. The molecule has 0 amide bonds. The van der Waals surface area contributed by atoms with Gasteiger partial charge in [-0.1, -0.05) is 48.5 Å². The van der Waals surface area contributed by atoms with Crippen molar-refractivity contribution in [3.63, 3.8) is 0 Å². The molecule has 0 bridgehead atoms. The first-order valence-electron chi connectivity index (χ1n) is 11.1. The van der Waals surface area contributed by atoms with Crippen molar-refractivity contribution < 1.29 is 19.1 Å². The molecule has 0 unspecified atom stereocenters. The number of quaternary nitrogens is 1. The van der Waals surface area contributed by atoms with E-state index >= 15 is 0 Å². The van der Waals surface area contributed by atoms with Crippen molar-refractivity contribution in [2.45, 2.75) is 0 Å². The van der Waals surface area contributed by atoms with Gasteiger partial charge in [0.05, 0.1) is 20.7 Å². The fraction of sp³-hybridized carbons (Fsp3) is 0.143. The number of benzene rings is 4. The van der Waals surface area contributed by atoms with Gasteiger partial charge in [-0.25, -0.2) is 0 Å². The highest BCUT2D eigenvalue weighted by molar-refractivity contribution is 6.39. The summed E-state index contributed by atoms with van der Waals surface area (Å²) in [5, 5.41) is 9.42. The van der Waals surface area contributed by atoms with Crippen LogP contribution in [0.2, 0.25) is 0 Å². The average Bonchev–Trinajstić information content (AvgIpc) is 2.87. The van der Waals surface area contributed by atoms with Crippen LogP contribution in [0.3, 0.4) is 0 Å². The molecule has 1 N–H and O–H groups in total. The Hall–Kier alpha value is -3.74. The van der Waals surface area contributed by atoms with Crippen LogP contribution in [0.1, 0.15) is 0 Å². The van der Waals surface area contributed by atoms with Crippen LogP contribution in [0, 0.1) is 6.07 Å². The van der Waals surface area contributed by atoms with Gasteiger partial charge in [-0.15, -0.1) is 0 Å². The first-order chi connectivity index (χ1) is 16.6. The number of aliphatic hydroxyl groups is 1. The zero-order valence-electron chi connectivity index (χ0n) is 19.6. The molecule has 0 spiro atoms. The van der Waals surface area contributed by atoms with E-state index in [0.717, 1.165) is 5.69 Å². The quantitative estimate of drug-likeness (QED) is 0.213. The number of para-hydroxylation sites is 4. The molecule has 5 nitrogen and oxygen atoms in total. The van der Waals surface area contributed by atoms with Crippen molar-refractivity contribution in [1.82, 2.24) is 4.48 Å². The first-order valence-corrected chi connectivity index (χ1v) is 11.1. The molecule has 0 saturated carbocycles. The van der Waals surface area contributed by atoms with Gasteiger partial charge in [0.2, 0.25) is 0 Å². The predicted octanol–water partition coefficient (Wildman–Crippen LogP) is 5.25. The third-order valence-electron chi connectivity index (χ3n) is 4.96. The summed E-state index contributed by atoms with van der Waals surface area (Å²) in [5.41, 5.74) is 0.926. The van der Waals surface area contributed by atoms with Crippen LogP contribution < -0.4 is 18.4 Å². The molecule has 4 aromatic carbocycles. The number of hydrogen-bond acceptors (Lipinski definition) is 4. The van der Waals surface area contributed by atoms with Crippen LogP contribution >= 0.6 is 0 Å². The molecule has 6 heteroatoms. The molecule has 0 saturated heterocycles. The van der Waals surface area contributed by atoms with E-state index in [1.807, 2.05) is 129 Å². The Balaban J connectivity index is 0.000000469. The molecular formula is C28H30BNO4. The van der Waals surface area contributed by atoms with E-state index in [-0.39, 0.29) is 6.61 Å². The summed E-state index contributed by atoms with van der Waals surface area (Å²) >= 11 is 0. The molecule has 0 aromatic heterocycles. The van der Waals surface area contributed by atoms with E-state index in [1.165, 1.54) is 0 Å². The summed E-state index contributed by atoms with van der Waals surface area (Å²) in [4.78, 5) is 0. The van der Waals surface area contributed by atoms with Crippen molar-refractivity contribution in [3.05, 3.63) is 121 Å². The highest BCUT2D eigenvalue weighted by atomic mass is 16.7. The van der Waals surface area contributed by atoms with Gasteiger partial charge in [0, 0.05) is 6.07 Å². The van der Waals surface area contributed by atoms with Crippen LogP contribution in [0.5, 0.6) is 17.2 Å². The zero-order chi connectivity index (χ0) is 24.1. The van der Waals surface area contributed by atoms with Crippen LogP contribution in [-0.4, -0.2) is 39.7 Å². The average molecular weight is 455 g/mol. The maximum atomic E-state index is 9.42. The summed E-state index contributed by atoms with van der Waals surface area (Å²) in [5.74, 6) is 1.92. The SMILES string of the molecule is C[N+](C)(CCO)c1ccccc1OB(Oc1ccccc1)Oc1ccccc1.[c-]1ccccc1. The highest BCUT2D eigenvalue weighted by Crippen LogP contribution is 2.32. The lowest BCUT2D eigenvalue weighted by atomic mass is 10.1. The molecule has 0 aliphatic heterocycles. The normalized spacial score (nSPS) is 10.4. The summed E-state index contributed by atoms with van der Waals surface area (Å²) in [7, 11) is 3.06. The fourth-order valence-electron chi connectivity index (χ4n) is 3.17. The Bertz CT molecular complexity index is 1010. The third-order valence-corrected chi connectivity index (χ3v) is 4.96. The second kappa shape index (κ2) is 13.1. The van der Waals surface area contributed by atoms with Gasteiger partial charge in [-0.05, 0) is 30.3 Å². The minimum absolute atomic E-state index is 0.0752. The Morgan fingerprint density at radius 2 is 1.18 bits per heavy atom. The van der Waals surface area contributed by atoms with Gasteiger partial charge < -0.3 is 19.1 Å². The minimum Gasteiger partial charge on any atom is -0.490 e. The zero-order valence-corrected chi connectivity index (χ0v) is 19.6. The van der Waals surface area contributed by atoms with Crippen molar-refractivity contribution in [2.24, 2.45) is 0 Å². The summed E-state index contributed by atoms with van der Waals surface area (Å²) < 4.78 is 18.5. The maximum absolute atomic E-state index is 9.42. The van der Waals surface area contributed by atoms with E-state index < -0.39 is 7.32 Å². The van der Waals surface area contributed by atoms with Crippen LogP contribution in [-0.2, 0) is 0 Å². The van der Waals surface area contributed by atoms with Crippen molar-refractivity contribution >= 4 is 13.0 Å². The summed E-state index contributed by atoms with van der Waals surface area (Å²) in [6.07, 6.45) is 0. The van der Waals surface area contributed by atoms with Crippen molar-refractivity contribution in [3.8, 4) is 17.2 Å².